The maximum absolute atomic E-state index is 5.13. The lowest BCUT2D eigenvalue weighted by atomic mass is 10.2. The number of rotatable bonds is 21. The number of hydrogen-bond acceptors (Lipinski definition) is 12. The molecule has 8 rings (SSSR count). The summed E-state index contributed by atoms with van der Waals surface area (Å²) in [5.41, 5.74) is 11.4. The molecule has 8 aromatic rings. The molecule has 5 aromatic heterocycles. The first-order chi connectivity index (χ1) is 34.0. The van der Waals surface area contributed by atoms with Crippen LogP contribution in [0.3, 0.4) is 0 Å². The number of benzene rings is 3. The quantitative estimate of drug-likeness (QED) is 0.0245. The third-order valence-corrected chi connectivity index (χ3v) is 10.5. The molecule has 0 bridgehead atoms. The van der Waals surface area contributed by atoms with Crippen molar-refractivity contribution in [3.05, 3.63) is 184 Å². The molecule has 0 amide bonds. The number of aromatic amines is 1. The van der Waals surface area contributed by atoms with Crippen molar-refractivity contribution in [1.29, 1.82) is 0 Å². The van der Waals surface area contributed by atoms with Crippen LogP contribution in [0.5, 0.6) is 17.2 Å². The minimum absolute atomic E-state index is 0. The number of anilines is 2. The first-order valence-electron chi connectivity index (χ1n) is 22.6. The fraction of sp³-hybridized carbons (Fsp3) is 0.250. The van der Waals surface area contributed by atoms with E-state index in [2.05, 4.69) is 106 Å². The summed E-state index contributed by atoms with van der Waals surface area (Å²) in [5.74, 6) is 2.48. The van der Waals surface area contributed by atoms with E-state index in [9.17, 15) is 0 Å². The monoisotopic (exact) mass is 1150 g/mol. The Morgan fingerprint density at radius 3 is 1.35 bits per heavy atom. The molecular weight excluding hydrogens is 1090 g/mol. The second-order valence-electron chi connectivity index (χ2n) is 15.0. The Labute approximate surface area is 446 Å². The molecular formula is C52H62Br3N13O3. The number of aryl methyl sites for hydroxylation is 3. The number of halogens is 3. The molecule has 19 heteroatoms. The van der Waals surface area contributed by atoms with Crippen molar-refractivity contribution in [3.8, 4) is 17.2 Å². The van der Waals surface area contributed by atoms with E-state index in [4.69, 9.17) is 14.2 Å². The number of nitrogens with zero attached hydrogens (tertiary/aromatic N) is 10. The molecule has 0 fully saturated rings. The number of azo groups is 2. The van der Waals surface area contributed by atoms with E-state index in [0.717, 1.165) is 82.8 Å². The lowest BCUT2D eigenvalue weighted by Gasteiger charge is -2.09. The number of hydrogen-bond donors (Lipinski definition) is 3. The molecule has 0 unspecified atom stereocenters. The zero-order valence-electron chi connectivity index (χ0n) is 40.2. The minimum Gasteiger partial charge on any atom is -1.00 e. The van der Waals surface area contributed by atoms with Crippen molar-refractivity contribution in [3.63, 3.8) is 0 Å². The number of aromatic nitrogens is 7. The standard InChI is InChI=1S/C20H24N5O.C17H21BrN3O.C12H13N3O.C3H4N2.2BrH/c1-26-20-7-5-18(6-8-20)22-23-19-9-14-24(15-10-19)12-3-2-4-13-25-16-11-21-17-25;1-22-17-7-5-15(6-8-17)19-20-16-9-13-21(14-10-16)12-4-2-3-11-18;1-16-12-4-2-10(3-5-12)14-15-11-6-8-13-9-7-11;1-2-5-3-4-1;;/h5-11,14-17H,2-4,12-13H2,1H3;5-10,13-14H,2-4,11-12H2,1H3;2-9,14H,1H3,(H,13,15);1-3H,(H,4,5);2*1H/q2*+1;;;;/p-2. The van der Waals surface area contributed by atoms with Gasteiger partial charge in [-0.05, 0) is 111 Å². The molecule has 0 saturated carbocycles. The molecule has 0 aliphatic heterocycles. The normalized spacial score (nSPS) is 10.2. The molecule has 71 heavy (non-hydrogen) atoms. The SMILES string of the molecule is COc1ccc(N=Nc2cc[n+](CCCCCBr)cc2)cc1.COc1ccc(N=Nc2cc[n+](CCCCCn3ccnc3)cc2)cc1.COc1ccc(NNc2ccncc2)cc1.[Br-].[Br-].c1c[nH]cn1. The van der Waals surface area contributed by atoms with E-state index in [1.54, 1.807) is 52.4 Å². The van der Waals surface area contributed by atoms with Crippen LogP contribution in [-0.2, 0) is 19.6 Å². The Morgan fingerprint density at radius 1 is 0.507 bits per heavy atom. The molecule has 0 aliphatic rings. The van der Waals surface area contributed by atoms with Crippen molar-refractivity contribution in [1.82, 2.24) is 24.5 Å². The minimum atomic E-state index is 0. The van der Waals surface area contributed by atoms with Crippen molar-refractivity contribution in [2.75, 3.05) is 37.5 Å². The van der Waals surface area contributed by atoms with E-state index in [1.807, 2.05) is 128 Å². The lowest BCUT2D eigenvalue weighted by Crippen LogP contribution is -3.00. The zero-order valence-corrected chi connectivity index (χ0v) is 45.0. The highest BCUT2D eigenvalue weighted by molar-refractivity contribution is 9.09. The lowest BCUT2D eigenvalue weighted by molar-refractivity contribution is -0.697. The summed E-state index contributed by atoms with van der Waals surface area (Å²) >= 11 is 3.45. The zero-order chi connectivity index (χ0) is 48.4. The smallest absolute Gasteiger partial charge is 0.171 e. The van der Waals surface area contributed by atoms with Gasteiger partial charge in [-0.3, -0.25) is 4.98 Å². The van der Waals surface area contributed by atoms with Gasteiger partial charge in [0.1, 0.15) is 30.3 Å². The fourth-order valence-corrected chi connectivity index (χ4v) is 6.47. The Bertz CT molecular complexity index is 2540. The van der Waals surface area contributed by atoms with Crippen LogP contribution in [0.25, 0.3) is 0 Å². The number of ether oxygens (including phenoxy) is 3. The van der Waals surface area contributed by atoms with Crippen molar-refractivity contribution in [2.45, 2.75) is 58.2 Å². The largest absolute Gasteiger partial charge is 1.00 e. The molecule has 0 saturated heterocycles. The van der Waals surface area contributed by atoms with Gasteiger partial charge in [0, 0.05) is 86.2 Å². The number of H-pyrrole nitrogens is 1. The van der Waals surface area contributed by atoms with Gasteiger partial charge in [-0.25, -0.2) is 19.1 Å². The predicted octanol–water partition coefficient (Wildman–Crippen LogP) is 6.38. The average molecular weight is 1160 g/mol. The number of alkyl halides is 1. The van der Waals surface area contributed by atoms with Crippen molar-refractivity contribution < 1.29 is 57.3 Å². The predicted molar refractivity (Wildman–Crippen MR) is 274 cm³/mol. The Hall–Kier alpha value is -6.83. The van der Waals surface area contributed by atoms with Crippen LogP contribution in [0.15, 0.2) is 204 Å². The molecule has 0 spiro atoms. The van der Waals surface area contributed by atoms with Crippen LogP contribution in [0, 0.1) is 0 Å². The first kappa shape index (κ1) is 58.5. The number of methoxy groups -OCH3 is 3. The van der Waals surface area contributed by atoms with Crippen LogP contribution in [0.1, 0.15) is 38.5 Å². The second kappa shape index (κ2) is 36.2. The molecule has 16 nitrogen and oxygen atoms in total. The van der Waals surface area contributed by atoms with Crippen LogP contribution >= 0.6 is 15.9 Å². The van der Waals surface area contributed by atoms with E-state index in [1.165, 1.54) is 32.1 Å². The van der Waals surface area contributed by atoms with E-state index >= 15 is 0 Å². The highest BCUT2D eigenvalue weighted by Crippen LogP contribution is 2.22. The molecule has 0 radical (unpaired) electrons. The van der Waals surface area contributed by atoms with E-state index in [-0.39, 0.29) is 34.0 Å². The molecule has 3 aromatic carbocycles. The summed E-state index contributed by atoms with van der Waals surface area (Å²) in [5, 5.41) is 18.1. The number of unbranched alkanes of at least 4 members (excludes halogenated alkanes) is 4. The summed E-state index contributed by atoms with van der Waals surface area (Å²) in [6.07, 6.45) is 29.7. The van der Waals surface area contributed by atoms with Gasteiger partial charge in [0.25, 0.3) is 0 Å². The Morgan fingerprint density at radius 2 is 0.958 bits per heavy atom. The van der Waals surface area contributed by atoms with Gasteiger partial charge >= 0.3 is 0 Å². The summed E-state index contributed by atoms with van der Waals surface area (Å²) in [6, 6.07) is 34.4. The van der Waals surface area contributed by atoms with Gasteiger partial charge < -0.3 is 68.6 Å². The van der Waals surface area contributed by atoms with Gasteiger partial charge in [0.05, 0.1) is 68.1 Å². The fourth-order valence-electron chi connectivity index (χ4n) is 6.08. The second-order valence-corrected chi connectivity index (χ2v) is 15.8. The van der Waals surface area contributed by atoms with Gasteiger partial charge in [0.15, 0.2) is 24.8 Å². The third kappa shape index (κ3) is 24.5. The summed E-state index contributed by atoms with van der Waals surface area (Å²) in [6.45, 7) is 3.10. The number of nitrogens with one attached hydrogen (secondary N) is 3. The number of hydrazine groups is 1. The van der Waals surface area contributed by atoms with Crippen LogP contribution in [0.4, 0.5) is 34.1 Å². The maximum Gasteiger partial charge on any atom is 0.171 e. The molecule has 5 heterocycles. The maximum atomic E-state index is 5.13. The van der Waals surface area contributed by atoms with Gasteiger partial charge in [-0.15, -0.1) is 0 Å². The summed E-state index contributed by atoms with van der Waals surface area (Å²) in [4.78, 5) is 14.4. The average Bonchev–Trinajstić information content (AvgIpc) is 4.19. The van der Waals surface area contributed by atoms with Crippen LogP contribution in [0.2, 0.25) is 0 Å². The van der Waals surface area contributed by atoms with E-state index in [0.29, 0.717) is 0 Å². The highest BCUT2D eigenvalue weighted by Gasteiger charge is 2.03. The highest BCUT2D eigenvalue weighted by atomic mass is 79.9. The van der Waals surface area contributed by atoms with Gasteiger partial charge in [0.2, 0.25) is 0 Å². The van der Waals surface area contributed by atoms with Gasteiger partial charge in [-0.1, -0.05) is 15.9 Å². The Balaban J connectivity index is 0.000000269. The van der Waals surface area contributed by atoms with Crippen LogP contribution < -0.4 is 68.2 Å². The Kier molecular flexibility index (Phi) is 29.8. The topological polar surface area (TPSA) is 168 Å². The molecule has 3 N–H and O–H groups in total. The van der Waals surface area contributed by atoms with Crippen LogP contribution in [-0.4, -0.2) is 51.2 Å². The first-order valence-corrected chi connectivity index (χ1v) is 23.8. The summed E-state index contributed by atoms with van der Waals surface area (Å²) in [7, 11) is 4.95. The van der Waals surface area contributed by atoms with Gasteiger partial charge in [-0.2, -0.15) is 20.5 Å². The number of pyridine rings is 3. The molecule has 374 valence electrons. The van der Waals surface area contributed by atoms with Crippen molar-refractivity contribution in [2.24, 2.45) is 20.5 Å². The summed E-state index contributed by atoms with van der Waals surface area (Å²) < 4.78 is 21.8. The van der Waals surface area contributed by atoms with E-state index < -0.39 is 0 Å². The number of imidazole rings is 2. The van der Waals surface area contributed by atoms with Crippen molar-refractivity contribution >= 4 is 50.1 Å². The molecule has 0 atom stereocenters. The third-order valence-electron chi connectivity index (χ3n) is 9.92. The molecule has 0 aliphatic carbocycles.